The highest BCUT2D eigenvalue weighted by Crippen LogP contribution is 2.35. The number of rotatable bonds is 3. The molecule has 0 spiro atoms. The first kappa shape index (κ1) is 15.0. The number of nitrogens with zero attached hydrogens (tertiary/aromatic N) is 2. The lowest BCUT2D eigenvalue weighted by molar-refractivity contribution is 0.220. The molecule has 21 heavy (non-hydrogen) atoms. The highest BCUT2D eigenvalue weighted by Gasteiger charge is 2.38. The van der Waals surface area contributed by atoms with Gasteiger partial charge in [-0.05, 0) is 38.6 Å². The number of piperidine rings is 1. The van der Waals surface area contributed by atoms with Gasteiger partial charge in [0.2, 0.25) is 5.89 Å². The van der Waals surface area contributed by atoms with Gasteiger partial charge in [0.1, 0.15) is 0 Å². The first-order chi connectivity index (χ1) is 10.3. The molecule has 0 amide bonds. The summed E-state index contributed by atoms with van der Waals surface area (Å²) < 4.78 is 5.72. The van der Waals surface area contributed by atoms with Crippen LogP contribution in [-0.2, 0) is 5.41 Å². The molecule has 1 saturated heterocycles. The Morgan fingerprint density at radius 1 is 1.14 bits per heavy atom. The molecule has 0 aromatic carbocycles. The lowest BCUT2D eigenvalue weighted by atomic mass is 9.78. The summed E-state index contributed by atoms with van der Waals surface area (Å²) in [5.41, 5.74) is 0.0745. The van der Waals surface area contributed by atoms with Crippen molar-refractivity contribution in [1.29, 1.82) is 0 Å². The van der Waals surface area contributed by atoms with Crippen LogP contribution >= 0.6 is 0 Å². The Morgan fingerprint density at radius 2 is 1.90 bits per heavy atom. The fourth-order valence-electron chi connectivity index (χ4n) is 3.93. The second-order valence-corrected chi connectivity index (χ2v) is 6.91. The van der Waals surface area contributed by atoms with E-state index < -0.39 is 0 Å². The molecule has 3 rings (SSSR count). The van der Waals surface area contributed by atoms with Gasteiger partial charge in [-0.2, -0.15) is 4.98 Å². The zero-order chi connectivity index (χ0) is 14.5. The topological polar surface area (TPSA) is 51.0 Å². The second-order valence-electron chi connectivity index (χ2n) is 6.91. The maximum atomic E-state index is 5.72. The van der Waals surface area contributed by atoms with Crippen LogP contribution in [0.1, 0.15) is 88.8 Å². The van der Waals surface area contributed by atoms with Gasteiger partial charge in [0.25, 0.3) is 0 Å². The predicted molar refractivity (Wildman–Crippen MR) is 83.4 cm³/mol. The molecule has 1 aromatic heterocycles. The molecule has 1 aliphatic heterocycles. The van der Waals surface area contributed by atoms with E-state index in [1.807, 2.05) is 0 Å². The van der Waals surface area contributed by atoms with Gasteiger partial charge < -0.3 is 9.84 Å². The van der Waals surface area contributed by atoms with Gasteiger partial charge in [0.05, 0.1) is 5.41 Å². The van der Waals surface area contributed by atoms with Crippen LogP contribution in [-0.4, -0.2) is 23.2 Å². The first-order valence-corrected chi connectivity index (χ1v) is 8.89. The van der Waals surface area contributed by atoms with E-state index in [2.05, 4.69) is 17.4 Å². The molecule has 4 heteroatoms. The maximum absolute atomic E-state index is 5.72. The van der Waals surface area contributed by atoms with E-state index >= 15 is 0 Å². The van der Waals surface area contributed by atoms with Crippen molar-refractivity contribution < 1.29 is 4.52 Å². The summed E-state index contributed by atoms with van der Waals surface area (Å²) in [6.45, 7) is 4.34. The van der Waals surface area contributed by atoms with E-state index in [9.17, 15) is 0 Å². The number of hydrogen-bond donors (Lipinski definition) is 1. The third kappa shape index (κ3) is 3.31. The lowest BCUT2D eigenvalue weighted by Crippen LogP contribution is -2.43. The van der Waals surface area contributed by atoms with Crippen LogP contribution in [0.2, 0.25) is 0 Å². The van der Waals surface area contributed by atoms with Crippen molar-refractivity contribution in [3.05, 3.63) is 11.7 Å². The molecule has 0 bridgehead atoms. The zero-order valence-electron chi connectivity index (χ0n) is 13.4. The summed E-state index contributed by atoms with van der Waals surface area (Å²) in [7, 11) is 0. The standard InChI is InChI=1S/C17H29N3O/c1-2-17(11-8-12-18-13-17)16-19-15(20-21-16)14-9-6-4-3-5-7-10-14/h14,18H,2-13H2,1H3. The molecule has 2 fully saturated rings. The van der Waals surface area contributed by atoms with Crippen molar-refractivity contribution in [1.82, 2.24) is 15.5 Å². The Balaban J connectivity index is 1.75. The summed E-state index contributed by atoms with van der Waals surface area (Å²) in [5.74, 6) is 2.38. The van der Waals surface area contributed by atoms with Crippen molar-refractivity contribution >= 4 is 0 Å². The summed E-state index contributed by atoms with van der Waals surface area (Å²) >= 11 is 0. The van der Waals surface area contributed by atoms with Crippen LogP contribution in [0, 0.1) is 0 Å². The fraction of sp³-hybridized carbons (Fsp3) is 0.882. The van der Waals surface area contributed by atoms with Gasteiger partial charge in [-0.1, -0.05) is 44.2 Å². The van der Waals surface area contributed by atoms with Gasteiger partial charge in [-0.15, -0.1) is 0 Å². The molecular weight excluding hydrogens is 262 g/mol. The molecule has 1 aliphatic carbocycles. The van der Waals surface area contributed by atoms with Crippen LogP contribution < -0.4 is 5.32 Å². The number of nitrogens with one attached hydrogen (secondary N) is 1. The average Bonchev–Trinajstić information content (AvgIpc) is 2.98. The Morgan fingerprint density at radius 3 is 2.57 bits per heavy atom. The smallest absolute Gasteiger partial charge is 0.234 e. The van der Waals surface area contributed by atoms with Gasteiger partial charge in [-0.25, -0.2) is 0 Å². The minimum absolute atomic E-state index is 0.0745. The maximum Gasteiger partial charge on any atom is 0.234 e. The Kier molecular flexibility index (Phi) is 4.94. The molecule has 118 valence electrons. The lowest BCUT2D eigenvalue weighted by Gasteiger charge is -2.33. The van der Waals surface area contributed by atoms with Crippen molar-refractivity contribution in [3.63, 3.8) is 0 Å². The highest BCUT2D eigenvalue weighted by atomic mass is 16.5. The van der Waals surface area contributed by atoms with Crippen LogP contribution in [0.3, 0.4) is 0 Å². The molecule has 1 aromatic rings. The van der Waals surface area contributed by atoms with Crippen LogP contribution in [0.5, 0.6) is 0 Å². The van der Waals surface area contributed by atoms with E-state index in [-0.39, 0.29) is 5.41 Å². The van der Waals surface area contributed by atoms with Crippen LogP contribution in [0.4, 0.5) is 0 Å². The van der Waals surface area contributed by atoms with E-state index in [1.165, 1.54) is 57.8 Å². The van der Waals surface area contributed by atoms with Crippen molar-refractivity contribution in [3.8, 4) is 0 Å². The molecule has 1 atom stereocenters. The van der Waals surface area contributed by atoms with E-state index in [0.717, 1.165) is 31.2 Å². The van der Waals surface area contributed by atoms with Crippen molar-refractivity contribution in [2.75, 3.05) is 13.1 Å². The molecule has 1 saturated carbocycles. The Bertz CT molecular complexity index is 429. The van der Waals surface area contributed by atoms with E-state index in [0.29, 0.717) is 5.92 Å². The molecular formula is C17H29N3O. The van der Waals surface area contributed by atoms with Gasteiger partial charge in [0.15, 0.2) is 5.82 Å². The number of hydrogen-bond acceptors (Lipinski definition) is 4. The van der Waals surface area contributed by atoms with Crippen LogP contribution in [0.25, 0.3) is 0 Å². The largest absolute Gasteiger partial charge is 0.339 e. The molecule has 2 aliphatic rings. The SMILES string of the molecule is CCC1(c2nc(C3CCCCCCC3)no2)CCCNC1. The van der Waals surface area contributed by atoms with Crippen LogP contribution in [0.15, 0.2) is 4.52 Å². The monoisotopic (exact) mass is 291 g/mol. The Labute approximate surface area is 128 Å². The first-order valence-electron chi connectivity index (χ1n) is 8.89. The average molecular weight is 291 g/mol. The number of aromatic nitrogens is 2. The van der Waals surface area contributed by atoms with E-state index in [4.69, 9.17) is 9.51 Å². The minimum atomic E-state index is 0.0745. The van der Waals surface area contributed by atoms with Gasteiger partial charge >= 0.3 is 0 Å². The van der Waals surface area contributed by atoms with E-state index in [1.54, 1.807) is 0 Å². The summed E-state index contributed by atoms with van der Waals surface area (Å²) in [5, 5.41) is 7.87. The van der Waals surface area contributed by atoms with Crippen molar-refractivity contribution in [2.45, 2.75) is 82.5 Å². The normalized spacial score (nSPS) is 29.0. The molecule has 4 nitrogen and oxygen atoms in total. The second kappa shape index (κ2) is 6.91. The molecule has 1 N–H and O–H groups in total. The third-order valence-corrected chi connectivity index (χ3v) is 5.51. The van der Waals surface area contributed by atoms with Gasteiger partial charge in [-0.3, -0.25) is 0 Å². The zero-order valence-corrected chi connectivity index (χ0v) is 13.4. The van der Waals surface area contributed by atoms with Gasteiger partial charge in [0, 0.05) is 12.5 Å². The fourth-order valence-corrected chi connectivity index (χ4v) is 3.93. The Hall–Kier alpha value is -0.900. The predicted octanol–water partition coefficient (Wildman–Crippen LogP) is 3.93. The molecule has 2 heterocycles. The molecule has 1 unspecified atom stereocenters. The summed E-state index contributed by atoms with van der Waals surface area (Å²) in [4.78, 5) is 4.86. The highest BCUT2D eigenvalue weighted by molar-refractivity contribution is 5.09. The molecule has 0 radical (unpaired) electrons. The summed E-state index contributed by atoms with van der Waals surface area (Å²) in [6, 6.07) is 0. The van der Waals surface area contributed by atoms with Crippen molar-refractivity contribution in [2.24, 2.45) is 0 Å². The quantitative estimate of drug-likeness (QED) is 0.916. The summed E-state index contributed by atoms with van der Waals surface area (Å²) in [6.07, 6.45) is 12.7. The third-order valence-electron chi connectivity index (χ3n) is 5.51. The minimum Gasteiger partial charge on any atom is -0.339 e.